The third-order valence-corrected chi connectivity index (χ3v) is 6.93. The SMILES string of the molecule is CCc1cc(Cl)c(OC)c(N2CCN(C[C@H](O)CCCC(=O)c3cc4ccccc4[nH]3)CC2)c1. The normalized spacial score (nSPS) is 15.6. The van der Waals surface area contributed by atoms with E-state index in [0.717, 1.165) is 54.9 Å². The second-order valence-corrected chi connectivity index (χ2v) is 9.42. The van der Waals surface area contributed by atoms with Crippen LogP contribution in [0.4, 0.5) is 5.69 Å². The summed E-state index contributed by atoms with van der Waals surface area (Å²) in [5, 5.41) is 12.3. The Morgan fingerprint density at radius 3 is 2.65 bits per heavy atom. The Hall–Kier alpha value is -2.54. The molecule has 1 aliphatic rings. The molecule has 6 nitrogen and oxygen atoms in total. The van der Waals surface area contributed by atoms with Gasteiger partial charge in [0.05, 0.1) is 29.6 Å². The van der Waals surface area contributed by atoms with Gasteiger partial charge in [0.25, 0.3) is 0 Å². The number of Topliss-reactive ketones (excluding diaryl/α,β-unsaturated/α-hetero) is 1. The van der Waals surface area contributed by atoms with Gasteiger partial charge in [0.15, 0.2) is 11.5 Å². The highest BCUT2D eigenvalue weighted by Gasteiger charge is 2.23. The fourth-order valence-corrected chi connectivity index (χ4v) is 5.01. The summed E-state index contributed by atoms with van der Waals surface area (Å²) in [4.78, 5) is 20.3. The van der Waals surface area contributed by atoms with E-state index in [4.69, 9.17) is 16.3 Å². The van der Waals surface area contributed by atoms with Crippen molar-refractivity contribution in [1.82, 2.24) is 9.88 Å². The maximum Gasteiger partial charge on any atom is 0.179 e. The lowest BCUT2D eigenvalue weighted by Gasteiger charge is -2.37. The second-order valence-electron chi connectivity index (χ2n) is 9.01. The Morgan fingerprint density at radius 1 is 1.18 bits per heavy atom. The number of hydrogen-bond donors (Lipinski definition) is 2. The van der Waals surface area contributed by atoms with Crippen LogP contribution in [0.1, 0.15) is 42.2 Å². The summed E-state index contributed by atoms with van der Waals surface area (Å²) in [5.41, 5.74) is 3.86. The fourth-order valence-electron chi connectivity index (χ4n) is 4.69. The number of anilines is 1. The van der Waals surface area contributed by atoms with Crippen molar-refractivity contribution in [1.29, 1.82) is 0 Å². The molecule has 182 valence electrons. The van der Waals surface area contributed by atoms with E-state index >= 15 is 0 Å². The number of nitrogens with zero attached hydrogens (tertiary/aromatic N) is 2. The van der Waals surface area contributed by atoms with Crippen molar-refractivity contribution >= 4 is 34.0 Å². The van der Waals surface area contributed by atoms with E-state index in [1.54, 1.807) is 7.11 Å². The Labute approximate surface area is 206 Å². The molecule has 2 N–H and O–H groups in total. The lowest BCUT2D eigenvalue weighted by atomic mass is 10.1. The summed E-state index contributed by atoms with van der Waals surface area (Å²) in [6.45, 7) is 6.18. The van der Waals surface area contributed by atoms with E-state index in [2.05, 4.69) is 27.8 Å². The maximum absolute atomic E-state index is 12.5. The topological polar surface area (TPSA) is 68.8 Å². The number of halogens is 1. The van der Waals surface area contributed by atoms with E-state index < -0.39 is 6.10 Å². The van der Waals surface area contributed by atoms with Crippen LogP contribution >= 0.6 is 11.6 Å². The molecule has 1 saturated heterocycles. The molecule has 0 amide bonds. The van der Waals surface area contributed by atoms with Crippen LogP contribution in [0.15, 0.2) is 42.5 Å². The lowest BCUT2D eigenvalue weighted by Crippen LogP contribution is -2.48. The van der Waals surface area contributed by atoms with Gasteiger partial charge >= 0.3 is 0 Å². The molecule has 0 spiro atoms. The molecular weight excluding hydrogens is 450 g/mol. The molecule has 2 heterocycles. The lowest BCUT2D eigenvalue weighted by molar-refractivity contribution is 0.0913. The quantitative estimate of drug-likeness (QED) is 0.400. The standard InChI is InChI=1S/C27H34ClN3O3/c1-3-19-15-22(28)27(34-2)25(16-19)31-13-11-30(12-14-31)18-21(32)8-6-10-26(33)24-17-20-7-4-5-9-23(20)29-24/h4-5,7,9,15-17,21,29,32H,3,6,8,10-14,18H2,1-2H3/t21-/m1/s1. The number of carbonyl (C=O) groups is 1. The highest BCUT2D eigenvalue weighted by atomic mass is 35.5. The van der Waals surface area contributed by atoms with Crippen LogP contribution in [0.2, 0.25) is 5.02 Å². The van der Waals surface area contributed by atoms with Crippen LogP contribution in [-0.4, -0.2) is 66.7 Å². The van der Waals surface area contributed by atoms with Gasteiger partial charge in [-0.2, -0.15) is 0 Å². The zero-order valence-electron chi connectivity index (χ0n) is 20.0. The van der Waals surface area contributed by atoms with Crippen molar-refractivity contribution in [3.05, 3.63) is 58.7 Å². The van der Waals surface area contributed by atoms with Crippen LogP contribution in [-0.2, 0) is 6.42 Å². The number of nitrogens with one attached hydrogen (secondary N) is 1. The number of methoxy groups -OCH3 is 1. The first-order valence-electron chi connectivity index (χ1n) is 12.1. The van der Waals surface area contributed by atoms with E-state index in [0.29, 0.717) is 36.5 Å². The number of aromatic nitrogens is 1. The van der Waals surface area contributed by atoms with Gasteiger partial charge in [0.1, 0.15) is 0 Å². The first-order valence-corrected chi connectivity index (χ1v) is 12.5. The molecule has 1 aromatic heterocycles. The molecule has 0 radical (unpaired) electrons. The predicted molar refractivity (Wildman–Crippen MR) is 139 cm³/mol. The van der Waals surface area contributed by atoms with Crippen LogP contribution in [0.25, 0.3) is 10.9 Å². The number of aliphatic hydroxyl groups is 1. The summed E-state index contributed by atoms with van der Waals surface area (Å²) in [7, 11) is 1.66. The number of para-hydroxylation sites is 1. The first-order chi connectivity index (χ1) is 16.5. The average molecular weight is 484 g/mol. The van der Waals surface area contributed by atoms with Gasteiger partial charge in [0, 0.05) is 50.0 Å². The van der Waals surface area contributed by atoms with Gasteiger partial charge in [-0.3, -0.25) is 9.69 Å². The number of H-pyrrole nitrogens is 1. The first kappa shape index (κ1) is 24.6. The number of ether oxygens (including phenoxy) is 1. The molecule has 1 aliphatic heterocycles. The largest absolute Gasteiger partial charge is 0.493 e. The number of hydrogen-bond acceptors (Lipinski definition) is 5. The molecular formula is C27H34ClN3O3. The number of aryl methyl sites for hydroxylation is 1. The van der Waals surface area contributed by atoms with E-state index in [9.17, 15) is 9.90 Å². The van der Waals surface area contributed by atoms with E-state index in [-0.39, 0.29) is 5.78 Å². The Kier molecular flexibility index (Phi) is 8.14. The zero-order chi connectivity index (χ0) is 24.1. The molecule has 3 aromatic rings. The monoisotopic (exact) mass is 483 g/mol. The smallest absolute Gasteiger partial charge is 0.179 e. The van der Waals surface area contributed by atoms with Gasteiger partial charge in [-0.25, -0.2) is 0 Å². The van der Waals surface area contributed by atoms with Gasteiger partial charge in [0.2, 0.25) is 0 Å². The third kappa shape index (κ3) is 5.74. The number of β-amino-alcohol motifs (C(OH)–C–C–N with tert-alkyl or cyclic N) is 1. The molecule has 7 heteroatoms. The number of aromatic amines is 1. The average Bonchev–Trinajstić information content (AvgIpc) is 3.28. The minimum absolute atomic E-state index is 0.0962. The minimum atomic E-state index is -0.436. The van der Waals surface area contributed by atoms with Crippen LogP contribution in [0.5, 0.6) is 5.75 Å². The molecule has 1 fully saturated rings. The van der Waals surface area contributed by atoms with Crippen LogP contribution < -0.4 is 9.64 Å². The Bertz CT molecular complexity index is 1090. The summed E-state index contributed by atoms with van der Waals surface area (Å²) >= 11 is 6.44. The number of fused-ring (bicyclic) bond motifs is 1. The maximum atomic E-state index is 12.5. The molecule has 2 aromatic carbocycles. The molecule has 0 aliphatic carbocycles. The van der Waals surface area contributed by atoms with E-state index in [1.165, 1.54) is 5.56 Å². The number of benzene rings is 2. The summed E-state index contributed by atoms with van der Waals surface area (Å²) in [6.07, 6.45) is 2.22. The summed E-state index contributed by atoms with van der Waals surface area (Å²) in [5.74, 6) is 0.825. The van der Waals surface area contributed by atoms with Crippen LogP contribution in [0.3, 0.4) is 0 Å². The third-order valence-electron chi connectivity index (χ3n) is 6.65. The van der Waals surface area contributed by atoms with Crippen molar-refractivity contribution in [3.63, 3.8) is 0 Å². The number of ketones is 1. The number of carbonyl (C=O) groups excluding carboxylic acids is 1. The number of piperazine rings is 1. The predicted octanol–water partition coefficient (Wildman–Crippen LogP) is 4.93. The van der Waals surface area contributed by atoms with Crippen molar-refractivity contribution in [2.75, 3.05) is 44.7 Å². The van der Waals surface area contributed by atoms with Gasteiger partial charge in [-0.15, -0.1) is 0 Å². The molecule has 0 bridgehead atoms. The van der Waals surface area contributed by atoms with Crippen molar-refractivity contribution < 1.29 is 14.6 Å². The minimum Gasteiger partial charge on any atom is -0.493 e. The van der Waals surface area contributed by atoms with Gasteiger partial charge < -0.3 is 19.7 Å². The van der Waals surface area contributed by atoms with Crippen molar-refractivity contribution in [2.45, 2.75) is 38.7 Å². The van der Waals surface area contributed by atoms with Crippen molar-refractivity contribution in [3.8, 4) is 5.75 Å². The van der Waals surface area contributed by atoms with Crippen LogP contribution in [0, 0.1) is 0 Å². The molecule has 1 atom stereocenters. The fraction of sp³-hybridized carbons (Fsp3) is 0.444. The molecule has 34 heavy (non-hydrogen) atoms. The second kappa shape index (κ2) is 11.3. The summed E-state index contributed by atoms with van der Waals surface area (Å²) in [6, 6.07) is 13.9. The Morgan fingerprint density at radius 2 is 1.94 bits per heavy atom. The Balaban J connectivity index is 1.23. The highest BCUT2D eigenvalue weighted by Crippen LogP contribution is 2.37. The highest BCUT2D eigenvalue weighted by molar-refractivity contribution is 6.32. The summed E-state index contributed by atoms with van der Waals surface area (Å²) < 4.78 is 5.58. The number of aliphatic hydroxyl groups excluding tert-OH is 1. The van der Waals surface area contributed by atoms with Gasteiger partial charge in [-0.05, 0) is 49.1 Å². The molecule has 4 rings (SSSR count). The zero-order valence-corrected chi connectivity index (χ0v) is 20.8. The van der Waals surface area contributed by atoms with E-state index in [1.807, 2.05) is 36.4 Å². The molecule has 0 saturated carbocycles. The number of rotatable bonds is 10. The van der Waals surface area contributed by atoms with Gasteiger partial charge in [-0.1, -0.05) is 36.7 Å². The van der Waals surface area contributed by atoms with Crippen molar-refractivity contribution in [2.24, 2.45) is 0 Å². The molecule has 0 unspecified atom stereocenters.